The topological polar surface area (TPSA) is 189 Å². The average Bonchev–Trinajstić information content (AvgIpc) is 4.08. The molecule has 0 saturated carbocycles. The SMILES string of the molecule is CC1(C)CCC(c2ccc(Cl)cc2)=C(CN2CCN(c3ccc(C(=O)NS(=O)(=O)c4ccc(N[C@H](CCN5CCN(Cc6cc7c(cc6F)C(=O)N(C6CCC(=O)NC6=O)C7)CC5)CSc5ccccc5)c(S(=O)(=O)C(F)(F)F)c4)cc3)CC2)C1. The minimum absolute atomic E-state index is 0.0394. The van der Waals surface area contributed by atoms with Crippen LogP contribution in [0.3, 0.4) is 0 Å². The summed E-state index contributed by atoms with van der Waals surface area (Å²) in [7, 11) is -11.1. The summed E-state index contributed by atoms with van der Waals surface area (Å²) >= 11 is 7.60. The van der Waals surface area contributed by atoms with Crippen LogP contribution in [-0.4, -0.2) is 149 Å². The lowest BCUT2D eigenvalue weighted by molar-refractivity contribution is -0.136. The van der Waals surface area contributed by atoms with Gasteiger partial charge in [-0.25, -0.2) is 25.9 Å². The number of rotatable bonds is 19. The molecule has 5 aliphatic rings. The Morgan fingerprint density at radius 3 is 2.16 bits per heavy atom. The van der Waals surface area contributed by atoms with Gasteiger partial charge in [-0.05, 0) is 133 Å². The maximum Gasteiger partial charge on any atom is 0.501 e. The Bertz CT molecular complexity index is 3600. The van der Waals surface area contributed by atoms with Gasteiger partial charge in [0.1, 0.15) is 16.8 Å². The van der Waals surface area contributed by atoms with E-state index >= 15 is 4.39 Å². The molecule has 0 aromatic heterocycles. The highest BCUT2D eigenvalue weighted by atomic mass is 35.5. The summed E-state index contributed by atoms with van der Waals surface area (Å²) in [5, 5.41) is 5.97. The third-order valence-electron chi connectivity index (χ3n) is 16.6. The Morgan fingerprint density at radius 1 is 0.812 bits per heavy atom. The molecule has 24 heteroatoms. The highest BCUT2D eigenvalue weighted by Crippen LogP contribution is 2.43. The molecule has 0 spiro atoms. The molecule has 3 fully saturated rings. The molecule has 85 heavy (non-hydrogen) atoms. The first-order chi connectivity index (χ1) is 40.4. The summed E-state index contributed by atoms with van der Waals surface area (Å²) in [6, 6.07) is 27.3. The molecule has 1 aliphatic carbocycles. The largest absolute Gasteiger partial charge is 0.501 e. The molecule has 4 heterocycles. The molecule has 0 bridgehead atoms. The first-order valence-electron chi connectivity index (χ1n) is 28.3. The van der Waals surface area contributed by atoms with Crippen molar-refractivity contribution in [3.63, 3.8) is 0 Å². The van der Waals surface area contributed by atoms with E-state index in [4.69, 9.17) is 11.6 Å². The zero-order valence-electron chi connectivity index (χ0n) is 47.1. The van der Waals surface area contributed by atoms with Gasteiger partial charge in [-0.1, -0.05) is 61.4 Å². The Labute approximate surface area is 502 Å². The summed E-state index contributed by atoms with van der Waals surface area (Å²) in [5.74, 6) is -2.80. The number of amides is 4. The van der Waals surface area contributed by atoms with Crippen LogP contribution in [0.15, 0.2) is 129 Å². The number of hydrogen-bond donors (Lipinski definition) is 3. The van der Waals surface area contributed by atoms with E-state index in [-0.39, 0.29) is 48.2 Å². The normalized spacial score (nSPS) is 19.7. The summed E-state index contributed by atoms with van der Waals surface area (Å²) in [6.45, 7) is 11.3. The zero-order valence-corrected chi connectivity index (χ0v) is 50.3. The predicted molar refractivity (Wildman–Crippen MR) is 319 cm³/mol. The number of fused-ring (bicyclic) bond motifs is 1. The van der Waals surface area contributed by atoms with Crippen LogP contribution in [0.1, 0.15) is 89.8 Å². The van der Waals surface area contributed by atoms with Gasteiger partial charge in [0.05, 0.1) is 10.6 Å². The second-order valence-electron chi connectivity index (χ2n) is 23.2. The number of piperazine rings is 2. The van der Waals surface area contributed by atoms with E-state index in [1.807, 2.05) is 47.2 Å². The minimum atomic E-state index is -6.17. The molecule has 5 aromatic rings. The van der Waals surface area contributed by atoms with Crippen LogP contribution >= 0.6 is 23.4 Å². The smallest absolute Gasteiger partial charge is 0.380 e. The van der Waals surface area contributed by atoms with Gasteiger partial charge in [0.25, 0.3) is 31.7 Å². The van der Waals surface area contributed by atoms with Crippen LogP contribution in [-0.2, 0) is 42.5 Å². The van der Waals surface area contributed by atoms with E-state index in [9.17, 15) is 49.2 Å². The quantitative estimate of drug-likeness (QED) is 0.0403. The number of halogens is 5. The van der Waals surface area contributed by atoms with Crippen molar-refractivity contribution in [2.24, 2.45) is 5.41 Å². The lowest BCUT2D eigenvalue weighted by Gasteiger charge is -2.39. The number of sulfonamides is 1. The van der Waals surface area contributed by atoms with Crippen molar-refractivity contribution in [1.82, 2.24) is 29.6 Å². The highest BCUT2D eigenvalue weighted by Gasteiger charge is 2.49. The standard InChI is InChI=1S/C61H67ClF4N8O8S3/c1-60(2)22-20-50(40-8-12-45(62)13-9-40)44(35-60)37-72-28-30-73(31-29-72)47-14-10-41(11-15-47)57(76)69-85(81,82)49-16-17-53(55(33-49)84(79,80)61(64,65)66)67-46(39-83-48-6-4-3-5-7-48)21-23-70-24-26-71(27-25-70)36-43-32-42-38-74(59(78)51(42)34-52(43)63)54-18-19-56(75)68-58(54)77/h3-17,32-34,46,54,67H,18-31,35-39H2,1-2H3,(H,69,76)(H,68,75,77)/t46-,54?/m1/s1. The fourth-order valence-electron chi connectivity index (χ4n) is 11.8. The fourth-order valence-corrected chi connectivity index (χ4v) is 15.0. The number of sulfone groups is 1. The molecule has 0 radical (unpaired) electrons. The van der Waals surface area contributed by atoms with E-state index < -0.39 is 82.4 Å². The van der Waals surface area contributed by atoms with Crippen LogP contribution in [0.5, 0.6) is 0 Å². The van der Waals surface area contributed by atoms with Crippen molar-refractivity contribution in [2.45, 2.75) is 97.7 Å². The lowest BCUT2D eigenvalue weighted by atomic mass is 9.73. The zero-order chi connectivity index (χ0) is 60.4. The molecular weight excluding hydrogens is 1180 g/mol. The molecule has 3 N–H and O–H groups in total. The van der Waals surface area contributed by atoms with Gasteiger partial charge in [-0.2, -0.15) is 13.2 Å². The Morgan fingerprint density at radius 2 is 1.48 bits per heavy atom. The monoisotopic (exact) mass is 1250 g/mol. The first-order valence-corrected chi connectivity index (χ1v) is 32.6. The number of allylic oxidation sites excluding steroid dienone is 1. The van der Waals surface area contributed by atoms with Gasteiger partial charge >= 0.3 is 5.51 Å². The van der Waals surface area contributed by atoms with Crippen molar-refractivity contribution in [3.8, 4) is 0 Å². The van der Waals surface area contributed by atoms with E-state index in [2.05, 4.69) is 56.2 Å². The third kappa shape index (κ3) is 14.6. The molecule has 1 unspecified atom stereocenters. The predicted octanol–water partition coefficient (Wildman–Crippen LogP) is 9.22. The van der Waals surface area contributed by atoms with Crippen LogP contribution < -0.4 is 20.3 Å². The number of benzene rings is 5. The summed E-state index contributed by atoms with van der Waals surface area (Å²) < 4.78 is 115. The van der Waals surface area contributed by atoms with Crippen molar-refractivity contribution in [2.75, 3.05) is 81.4 Å². The van der Waals surface area contributed by atoms with E-state index in [1.54, 1.807) is 18.2 Å². The van der Waals surface area contributed by atoms with Crippen LogP contribution in [0.2, 0.25) is 5.02 Å². The van der Waals surface area contributed by atoms with Gasteiger partial charge in [-0.3, -0.25) is 34.3 Å². The van der Waals surface area contributed by atoms with Crippen LogP contribution in [0, 0.1) is 11.2 Å². The number of alkyl halides is 3. The molecule has 2 atom stereocenters. The van der Waals surface area contributed by atoms with Gasteiger partial charge in [0, 0.05) is 129 Å². The van der Waals surface area contributed by atoms with E-state index in [0.29, 0.717) is 74.5 Å². The Balaban J connectivity index is 0.770. The van der Waals surface area contributed by atoms with Gasteiger partial charge in [0.2, 0.25) is 11.8 Å². The van der Waals surface area contributed by atoms with E-state index in [0.717, 1.165) is 61.6 Å². The third-order valence-corrected chi connectivity index (χ3v) is 20.9. The van der Waals surface area contributed by atoms with Crippen molar-refractivity contribution in [1.29, 1.82) is 0 Å². The Hall–Kier alpha value is -6.34. The number of nitrogens with one attached hydrogen (secondary N) is 3. The summed E-state index contributed by atoms with van der Waals surface area (Å²) in [6.07, 6.45) is 3.68. The molecule has 16 nitrogen and oxygen atoms in total. The maximum atomic E-state index is 15.6. The molecule has 452 valence electrons. The summed E-state index contributed by atoms with van der Waals surface area (Å²) in [5.41, 5.74) is -0.182. The van der Waals surface area contributed by atoms with Gasteiger partial charge < -0.3 is 20.0 Å². The number of thioether (sulfide) groups is 1. The number of carbonyl (C=O) groups is 4. The molecule has 4 amide bonds. The number of piperidine rings is 1. The van der Waals surface area contributed by atoms with Gasteiger partial charge in [-0.15, -0.1) is 11.8 Å². The van der Waals surface area contributed by atoms with Crippen molar-refractivity contribution < 1.29 is 53.6 Å². The number of nitrogens with zero attached hydrogens (tertiary/aromatic N) is 5. The van der Waals surface area contributed by atoms with Crippen molar-refractivity contribution in [3.05, 3.63) is 153 Å². The number of imide groups is 1. The molecular formula is C61H67ClF4N8O8S3. The van der Waals surface area contributed by atoms with E-state index in [1.165, 1.54) is 51.6 Å². The number of anilines is 2. The van der Waals surface area contributed by atoms with Gasteiger partial charge in [0.15, 0.2) is 0 Å². The molecule has 3 saturated heterocycles. The first kappa shape index (κ1) is 61.7. The average molecular weight is 1250 g/mol. The number of carbonyl (C=O) groups excluding carboxylic acids is 4. The maximum absolute atomic E-state index is 15.6. The van der Waals surface area contributed by atoms with Crippen molar-refractivity contribution >= 4 is 83.8 Å². The molecule has 4 aliphatic heterocycles. The fraction of sp³-hybridized carbons (Fsp3) is 0.410. The second-order valence-corrected chi connectivity index (χ2v) is 28.3. The molecule has 5 aromatic carbocycles. The lowest BCUT2D eigenvalue weighted by Crippen LogP contribution is -2.52. The molecule has 10 rings (SSSR count). The summed E-state index contributed by atoms with van der Waals surface area (Å²) in [4.78, 5) is 59.9. The second kappa shape index (κ2) is 25.5. The minimum Gasteiger partial charge on any atom is -0.380 e. The van der Waals surface area contributed by atoms with Crippen LogP contribution in [0.25, 0.3) is 5.57 Å². The highest BCUT2D eigenvalue weighted by molar-refractivity contribution is 7.99. The Kier molecular flexibility index (Phi) is 18.6. The number of hydrogen-bond acceptors (Lipinski definition) is 14. The van der Waals surface area contributed by atoms with Crippen LogP contribution in [0.4, 0.5) is 28.9 Å².